The van der Waals surface area contributed by atoms with Gasteiger partial charge in [0.15, 0.2) is 5.78 Å². The lowest BCUT2D eigenvalue weighted by atomic mass is 9.97. The summed E-state index contributed by atoms with van der Waals surface area (Å²) in [6.45, 7) is 0. The van der Waals surface area contributed by atoms with Gasteiger partial charge in [0.25, 0.3) is 0 Å². The summed E-state index contributed by atoms with van der Waals surface area (Å²) in [6, 6.07) is 23.6. The number of carbonyl (C=O) groups excluding carboxylic acids is 2. The highest BCUT2D eigenvalue weighted by atomic mass is 79.9. The average Bonchev–Trinajstić information content (AvgIpc) is 3.17. The number of ketones is 2. The summed E-state index contributed by atoms with van der Waals surface area (Å²) in [5, 5.41) is 10.5. The first-order valence-corrected chi connectivity index (χ1v) is 11.9. The molecule has 0 N–H and O–H groups in total. The SMILES string of the molecule is COc1ccc(Sc2nc(C(=O)c3ccc(Br)cc3)c3c(c2C#N)-c2ccccc2C3=O)cc1. The van der Waals surface area contributed by atoms with Gasteiger partial charge in [0.2, 0.25) is 5.78 Å². The van der Waals surface area contributed by atoms with Crippen molar-refractivity contribution >= 4 is 39.3 Å². The fourth-order valence-corrected chi connectivity index (χ4v) is 5.07. The van der Waals surface area contributed by atoms with E-state index in [9.17, 15) is 14.9 Å². The van der Waals surface area contributed by atoms with Crippen LogP contribution in [0.4, 0.5) is 0 Å². The number of pyridine rings is 1. The summed E-state index contributed by atoms with van der Waals surface area (Å²) in [4.78, 5) is 32.4. The number of carbonyl (C=O) groups is 2. The van der Waals surface area contributed by atoms with E-state index in [1.165, 1.54) is 11.8 Å². The Bertz CT molecular complexity index is 1510. The lowest BCUT2D eigenvalue weighted by Crippen LogP contribution is -2.13. The second-order valence-electron chi connectivity index (χ2n) is 7.49. The van der Waals surface area contributed by atoms with Crippen LogP contribution in [0.2, 0.25) is 0 Å². The molecule has 164 valence electrons. The van der Waals surface area contributed by atoms with Crippen LogP contribution in [-0.2, 0) is 0 Å². The van der Waals surface area contributed by atoms with Crippen LogP contribution in [0.15, 0.2) is 87.2 Å². The number of ether oxygens (including phenoxy) is 1. The van der Waals surface area contributed by atoms with E-state index in [1.54, 1.807) is 49.6 Å². The van der Waals surface area contributed by atoms with Gasteiger partial charge in [-0.15, -0.1) is 0 Å². The van der Waals surface area contributed by atoms with Gasteiger partial charge in [-0.1, -0.05) is 52.0 Å². The van der Waals surface area contributed by atoms with Gasteiger partial charge in [-0.3, -0.25) is 9.59 Å². The standard InChI is InChI=1S/C27H15BrN2O3S/c1-33-17-10-12-18(13-11-17)34-27-21(14-29)22-19-4-2-3-5-20(19)26(32)23(22)24(30-27)25(31)15-6-8-16(28)9-7-15/h2-13H,1H3. The van der Waals surface area contributed by atoms with Gasteiger partial charge >= 0.3 is 0 Å². The van der Waals surface area contributed by atoms with E-state index in [0.717, 1.165) is 9.37 Å². The molecule has 0 saturated heterocycles. The molecular formula is C27H15BrN2O3S. The molecule has 0 saturated carbocycles. The minimum absolute atomic E-state index is 0.0496. The monoisotopic (exact) mass is 526 g/mol. The van der Waals surface area contributed by atoms with Crippen LogP contribution in [0.1, 0.15) is 37.5 Å². The average molecular weight is 527 g/mol. The number of benzene rings is 3. The number of hydrogen-bond donors (Lipinski definition) is 0. The fourth-order valence-electron chi connectivity index (χ4n) is 3.92. The van der Waals surface area contributed by atoms with Crippen LogP contribution >= 0.6 is 27.7 Å². The van der Waals surface area contributed by atoms with Gasteiger partial charge in [-0.2, -0.15) is 5.26 Å². The Morgan fingerprint density at radius 3 is 2.29 bits per heavy atom. The highest BCUT2D eigenvalue weighted by Crippen LogP contribution is 2.44. The molecule has 1 aliphatic carbocycles. The molecule has 0 radical (unpaired) electrons. The van der Waals surface area contributed by atoms with Crippen LogP contribution in [-0.4, -0.2) is 23.7 Å². The molecule has 1 heterocycles. The number of fused-ring (bicyclic) bond motifs is 3. The summed E-state index contributed by atoms with van der Waals surface area (Å²) < 4.78 is 6.06. The number of halogens is 1. The molecule has 0 unspecified atom stereocenters. The molecule has 5 rings (SSSR count). The third-order valence-corrected chi connectivity index (χ3v) is 7.06. The lowest BCUT2D eigenvalue weighted by molar-refractivity contribution is 0.100. The van der Waals surface area contributed by atoms with E-state index in [-0.39, 0.29) is 28.4 Å². The summed E-state index contributed by atoms with van der Waals surface area (Å²) in [5.74, 6) is 0.0411. The van der Waals surface area contributed by atoms with Gasteiger partial charge in [-0.05, 0) is 54.1 Å². The predicted molar refractivity (Wildman–Crippen MR) is 133 cm³/mol. The topological polar surface area (TPSA) is 80.0 Å². The third-order valence-electron chi connectivity index (χ3n) is 5.54. The zero-order valence-corrected chi connectivity index (χ0v) is 20.2. The van der Waals surface area contributed by atoms with E-state index in [2.05, 4.69) is 27.0 Å². The third kappa shape index (κ3) is 3.71. The zero-order chi connectivity index (χ0) is 23.8. The summed E-state index contributed by atoms with van der Waals surface area (Å²) >= 11 is 4.65. The van der Waals surface area contributed by atoms with Gasteiger partial charge in [0, 0.05) is 26.1 Å². The normalized spacial score (nSPS) is 11.5. The van der Waals surface area contributed by atoms with Gasteiger partial charge < -0.3 is 4.74 Å². The molecule has 4 aromatic rings. The minimum atomic E-state index is -0.369. The maximum atomic E-state index is 13.6. The predicted octanol–water partition coefficient (Wildman–Crippen LogP) is 6.32. The van der Waals surface area contributed by atoms with Crippen LogP contribution in [0, 0.1) is 11.3 Å². The number of hydrogen-bond acceptors (Lipinski definition) is 6. The highest BCUT2D eigenvalue weighted by Gasteiger charge is 2.36. The molecule has 34 heavy (non-hydrogen) atoms. The fraction of sp³-hybridized carbons (Fsp3) is 0.0370. The summed E-state index contributed by atoms with van der Waals surface area (Å²) in [5.41, 5.74) is 2.50. The number of aromatic nitrogens is 1. The van der Waals surface area contributed by atoms with Crippen LogP contribution in [0.5, 0.6) is 5.75 Å². The van der Waals surface area contributed by atoms with Crippen molar-refractivity contribution in [2.24, 2.45) is 0 Å². The van der Waals surface area contributed by atoms with Crippen molar-refractivity contribution in [1.82, 2.24) is 4.98 Å². The summed E-state index contributed by atoms with van der Waals surface area (Å²) in [7, 11) is 1.59. The molecule has 1 aliphatic rings. The Hall–Kier alpha value is -3.73. The van der Waals surface area contributed by atoms with Gasteiger partial charge in [0.1, 0.15) is 22.5 Å². The van der Waals surface area contributed by atoms with Crippen molar-refractivity contribution in [3.05, 3.63) is 105 Å². The van der Waals surface area contributed by atoms with E-state index < -0.39 is 0 Å². The van der Waals surface area contributed by atoms with Crippen molar-refractivity contribution in [1.29, 1.82) is 5.26 Å². The number of methoxy groups -OCH3 is 1. The van der Waals surface area contributed by atoms with E-state index >= 15 is 0 Å². The molecule has 0 atom stereocenters. The van der Waals surface area contributed by atoms with Gasteiger partial charge in [0.05, 0.1) is 18.2 Å². The van der Waals surface area contributed by atoms with E-state index in [1.807, 2.05) is 30.3 Å². The Labute approximate surface area is 208 Å². The zero-order valence-electron chi connectivity index (χ0n) is 17.8. The van der Waals surface area contributed by atoms with Crippen molar-refractivity contribution in [3.8, 4) is 22.9 Å². The van der Waals surface area contributed by atoms with E-state index in [0.29, 0.717) is 33.0 Å². The number of nitrogens with zero attached hydrogens (tertiary/aromatic N) is 2. The molecule has 3 aromatic carbocycles. The second-order valence-corrected chi connectivity index (χ2v) is 9.47. The van der Waals surface area contributed by atoms with Crippen LogP contribution < -0.4 is 4.74 Å². The first-order valence-electron chi connectivity index (χ1n) is 10.3. The smallest absolute Gasteiger partial charge is 0.212 e. The van der Waals surface area contributed by atoms with Crippen molar-refractivity contribution in [2.75, 3.05) is 7.11 Å². The Kier molecular flexibility index (Phi) is 5.78. The second kappa shape index (κ2) is 8.90. The maximum absolute atomic E-state index is 13.6. The minimum Gasteiger partial charge on any atom is -0.497 e. The molecule has 0 aliphatic heterocycles. The highest BCUT2D eigenvalue weighted by molar-refractivity contribution is 9.10. The molecule has 0 amide bonds. The van der Waals surface area contributed by atoms with Crippen molar-refractivity contribution in [3.63, 3.8) is 0 Å². The largest absolute Gasteiger partial charge is 0.497 e. The number of nitriles is 1. The van der Waals surface area contributed by atoms with E-state index in [4.69, 9.17) is 4.74 Å². The van der Waals surface area contributed by atoms with Crippen LogP contribution in [0.25, 0.3) is 11.1 Å². The molecule has 5 nitrogen and oxygen atoms in total. The Morgan fingerprint density at radius 1 is 0.971 bits per heavy atom. The molecule has 0 bridgehead atoms. The Balaban J connectivity index is 1.74. The first-order chi connectivity index (χ1) is 16.5. The molecule has 1 aromatic heterocycles. The lowest BCUT2D eigenvalue weighted by Gasteiger charge is -2.13. The quantitative estimate of drug-likeness (QED) is 0.249. The summed E-state index contributed by atoms with van der Waals surface area (Å²) in [6.07, 6.45) is 0. The Morgan fingerprint density at radius 2 is 1.65 bits per heavy atom. The van der Waals surface area contributed by atoms with Crippen molar-refractivity contribution < 1.29 is 14.3 Å². The molecule has 0 spiro atoms. The number of rotatable bonds is 5. The van der Waals surface area contributed by atoms with Gasteiger partial charge in [-0.25, -0.2) is 4.98 Å². The maximum Gasteiger partial charge on any atom is 0.212 e. The molecule has 7 heteroatoms. The van der Waals surface area contributed by atoms with Crippen LogP contribution in [0.3, 0.4) is 0 Å². The van der Waals surface area contributed by atoms with Crippen molar-refractivity contribution in [2.45, 2.75) is 9.92 Å². The molecular weight excluding hydrogens is 512 g/mol. The molecule has 0 fully saturated rings. The first kappa shape index (κ1) is 22.1.